The summed E-state index contributed by atoms with van der Waals surface area (Å²) in [6.07, 6.45) is 11.6. The first kappa shape index (κ1) is 16.9. The van der Waals surface area contributed by atoms with Crippen LogP contribution in [0.1, 0.15) is 64.7 Å². The smallest absolute Gasteiger partial charge is 0.223 e. The van der Waals surface area contributed by atoms with E-state index in [4.69, 9.17) is 4.74 Å². The lowest BCUT2D eigenvalue weighted by Gasteiger charge is -2.57. The van der Waals surface area contributed by atoms with Crippen molar-refractivity contribution in [1.82, 2.24) is 4.90 Å². The van der Waals surface area contributed by atoms with Gasteiger partial charge in [0.2, 0.25) is 5.91 Å². The second kappa shape index (κ2) is 6.63. The van der Waals surface area contributed by atoms with Crippen LogP contribution in [0.3, 0.4) is 0 Å². The van der Waals surface area contributed by atoms with Crippen molar-refractivity contribution in [3.8, 4) is 0 Å². The van der Waals surface area contributed by atoms with E-state index in [1.54, 1.807) is 7.11 Å². The Hall–Kier alpha value is -0.570. The Morgan fingerprint density at radius 3 is 2.12 bits per heavy atom. The van der Waals surface area contributed by atoms with Crippen molar-refractivity contribution in [2.45, 2.75) is 64.7 Å². The molecular weight excluding hydrogens is 298 g/mol. The summed E-state index contributed by atoms with van der Waals surface area (Å²) in [6, 6.07) is 0. The molecule has 4 aliphatic carbocycles. The maximum Gasteiger partial charge on any atom is 0.223 e. The van der Waals surface area contributed by atoms with Gasteiger partial charge in [0.1, 0.15) is 0 Å². The molecule has 3 heteroatoms. The average molecular weight is 334 g/mol. The van der Waals surface area contributed by atoms with Crippen molar-refractivity contribution in [3.63, 3.8) is 0 Å². The topological polar surface area (TPSA) is 29.5 Å². The van der Waals surface area contributed by atoms with Gasteiger partial charge in [-0.3, -0.25) is 4.79 Å². The number of nitrogens with zero attached hydrogens (tertiary/aromatic N) is 1. The summed E-state index contributed by atoms with van der Waals surface area (Å²) in [5, 5.41) is 0. The Morgan fingerprint density at radius 1 is 1.08 bits per heavy atom. The minimum Gasteiger partial charge on any atom is -0.384 e. The second-order valence-electron chi connectivity index (χ2n) is 9.75. The average Bonchev–Trinajstić information content (AvgIpc) is 2.53. The Labute approximate surface area is 147 Å². The van der Waals surface area contributed by atoms with Crippen molar-refractivity contribution in [2.75, 3.05) is 26.8 Å². The normalized spacial score (nSPS) is 40.1. The highest BCUT2D eigenvalue weighted by Gasteiger charge is 2.51. The quantitative estimate of drug-likeness (QED) is 0.757. The van der Waals surface area contributed by atoms with Crippen LogP contribution in [0, 0.1) is 35.0 Å². The molecule has 0 aromatic carbocycles. The number of methoxy groups -OCH3 is 1. The van der Waals surface area contributed by atoms with Crippen LogP contribution in [0.2, 0.25) is 0 Å². The van der Waals surface area contributed by atoms with E-state index in [0.29, 0.717) is 17.2 Å². The molecular formula is C21H35NO2. The zero-order chi connectivity index (χ0) is 16.7. The molecule has 0 spiro atoms. The maximum absolute atomic E-state index is 13.0. The number of hydrogen-bond donors (Lipinski definition) is 0. The SMILES string of the molecule is COC[C@H](C)C1CCN(C(=O)CC23CC4CC(CC(C4)C2)C3)CC1. The van der Waals surface area contributed by atoms with E-state index in [0.717, 1.165) is 62.6 Å². The van der Waals surface area contributed by atoms with Crippen molar-refractivity contribution in [2.24, 2.45) is 35.0 Å². The number of amides is 1. The summed E-state index contributed by atoms with van der Waals surface area (Å²) in [4.78, 5) is 15.2. The summed E-state index contributed by atoms with van der Waals surface area (Å²) in [7, 11) is 1.79. The number of likely N-dealkylation sites (tertiary alicyclic amines) is 1. The second-order valence-corrected chi connectivity index (χ2v) is 9.75. The van der Waals surface area contributed by atoms with Crippen molar-refractivity contribution in [1.29, 1.82) is 0 Å². The minimum absolute atomic E-state index is 0.395. The van der Waals surface area contributed by atoms with Crippen LogP contribution in [0.4, 0.5) is 0 Å². The van der Waals surface area contributed by atoms with Crippen LogP contribution in [0.25, 0.3) is 0 Å². The highest BCUT2D eigenvalue weighted by molar-refractivity contribution is 5.77. The Kier molecular flexibility index (Phi) is 4.66. The standard InChI is InChI=1S/C21H35NO2/c1-15(14-24-2)19-3-5-22(6-4-19)20(23)13-21-10-16-7-17(11-21)9-18(8-16)12-21/h15-19H,3-14H2,1-2H3/t15-,16?,17?,18?,21?/m0/s1. The van der Waals surface area contributed by atoms with Gasteiger partial charge in [-0.15, -0.1) is 0 Å². The fourth-order valence-electron chi connectivity index (χ4n) is 7.06. The van der Waals surface area contributed by atoms with Gasteiger partial charge in [0.15, 0.2) is 0 Å². The molecule has 0 aromatic heterocycles. The maximum atomic E-state index is 13.0. The molecule has 1 aliphatic heterocycles. The summed E-state index contributed by atoms with van der Waals surface area (Å²) < 4.78 is 5.31. The van der Waals surface area contributed by atoms with Crippen LogP contribution in [0.15, 0.2) is 0 Å². The van der Waals surface area contributed by atoms with Crippen LogP contribution in [0.5, 0.6) is 0 Å². The van der Waals surface area contributed by atoms with Crippen molar-refractivity contribution >= 4 is 5.91 Å². The largest absolute Gasteiger partial charge is 0.384 e. The van der Waals surface area contributed by atoms with Gasteiger partial charge in [0, 0.05) is 33.2 Å². The first-order chi connectivity index (χ1) is 11.6. The predicted octanol–water partition coefficient (Wildman–Crippen LogP) is 4.11. The van der Waals surface area contributed by atoms with Crippen molar-refractivity contribution in [3.05, 3.63) is 0 Å². The van der Waals surface area contributed by atoms with Crippen molar-refractivity contribution < 1.29 is 9.53 Å². The molecule has 1 heterocycles. The molecule has 4 bridgehead atoms. The molecule has 136 valence electrons. The number of carbonyl (C=O) groups excluding carboxylic acids is 1. The molecule has 0 radical (unpaired) electrons. The fourth-order valence-corrected chi connectivity index (χ4v) is 7.06. The molecule has 0 unspecified atom stereocenters. The van der Waals surface area contributed by atoms with Crippen LogP contribution in [-0.4, -0.2) is 37.6 Å². The van der Waals surface area contributed by atoms with E-state index in [1.165, 1.54) is 38.5 Å². The van der Waals surface area contributed by atoms with Crippen LogP contribution in [-0.2, 0) is 9.53 Å². The number of rotatable bonds is 5. The van der Waals surface area contributed by atoms with E-state index in [-0.39, 0.29) is 0 Å². The lowest BCUT2D eigenvalue weighted by Crippen LogP contribution is -2.49. The zero-order valence-electron chi connectivity index (χ0n) is 15.6. The molecule has 1 atom stereocenters. The van der Waals surface area contributed by atoms with Gasteiger partial charge < -0.3 is 9.64 Å². The number of hydrogen-bond acceptors (Lipinski definition) is 2. The Balaban J connectivity index is 1.31. The molecule has 5 aliphatic rings. The van der Waals surface area contributed by atoms with E-state index < -0.39 is 0 Å². The molecule has 5 fully saturated rings. The summed E-state index contributed by atoms with van der Waals surface area (Å²) in [5.74, 6) is 4.66. The van der Waals surface area contributed by atoms with E-state index in [1.807, 2.05) is 0 Å². The fraction of sp³-hybridized carbons (Fsp3) is 0.952. The molecule has 0 aromatic rings. The van der Waals surface area contributed by atoms with Crippen LogP contribution < -0.4 is 0 Å². The molecule has 1 amide bonds. The molecule has 0 N–H and O–H groups in total. The summed E-state index contributed by atoms with van der Waals surface area (Å²) in [5.41, 5.74) is 0.395. The first-order valence-electron chi connectivity index (χ1n) is 10.3. The number of ether oxygens (including phenoxy) is 1. The van der Waals surface area contributed by atoms with E-state index in [2.05, 4.69) is 11.8 Å². The summed E-state index contributed by atoms with van der Waals surface area (Å²) >= 11 is 0. The predicted molar refractivity (Wildman–Crippen MR) is 95.6 cm³/mol. The Morgan fingerprint density at radius 2 is 1.62 bits per heavy atom. The first-order valence-corrected chi connectivity index (χ1v) is 10.3. The molecule has 4 saturated carbocycles. The van der Waals surface area contributed by atoms with Gasteiger partial charge in [-0.05, 0) is 86.4 Å². The van der Waals surface area contributed by atoms with E-state index in [9.17, 15) is 4.79 Å². The van der Waals surface area contributed by atoms with Gasteiger partial charge in [-0.1, -0.05) is 6.92 Å². The monoisotopic (exact) mass is 333 g/mol. The minimum atomic E-state index is 0.395. The van der Waals surface area contributed by atoms with Gasteiger partial charge in [-0.25, -0.2) is 0 Å². The lowest BCUT2D eigenvalue weighted by molar-refractivity contribution is -0.141. The molecule has 1 saturated heterocycles. The lowest BCUT2D eigenvalue weighted by atomic mass is 9.49. The molecule has 5 rings (SSSR count). The van der Waals surface area contributed by atoms with Gasteiger partial charge in [0.25, 0.3) is 0 Å². The number of piperidine rings is 1. The zero-order valence-corrected chi connectivity index (χ0v) is 15.6. The molecule has 24 heavy (non-hydrogen) atoms. The third-order valence-corrected chi connectivity index (χ3v) is 7.82. The van der Waals surface area contributed by atoms with Crippen LogP contribution >= 0.6 is 0 Å². The third kappa shape index (κ3) is 3.25. The third-order valence-electron chi connectivity index (χ3n) is 7.82. The highest BCUT2D eigenvalue weighted by atomic mass is 16.5. The molecule has 3 nitrogen and oxygen atoms in total. The summed E-state index contributed by atoms with van der Waals surface area (Å²) in [6.45, 7) is 5.10. The van der Waals surface area contributed by atoms with Gasteiger partial charge in [0.05, 0.1) is 0 Å². The number of carbonyl (C=O) groups is 1. The van der Waals surface area contributed by atoms with Gasteiger partial charge in [-0.2, -0.15) is 0 Å². The Bertz CT molecular complexity index is 431. The van der Waals surface area contributed by atoms with E-state index >= 15 is 0 Å². The highest BCUT2D eigenvalue weighted by Crippen LogP contribution is 2.61. The van der Waals surface area contributed by atoms with Gasteiger partial charge >= 0.3 is 0 Å².